The summed E-state index contributed by atoms with van der Waals surface area (Å²) in [5, 5.41) is 5.01. The Morgan fingerprint density at radius 3 is 1.61 bits per heavy atom. The largest absolute Gasteiger partial charge is 0.308 e. The van der Waals surface area contributed by atoms with Crippen LogP contribution in [-0.2, 0) is 5.41 Å². The van der Waals surface area contributed by atoms with E-state index >= 15 is 0 Å². The summed E-state index contributed by atoms with van der Waals surface area (Å²) in [7, 11) is 0. The molecular formula is C65H43NS. The SMILES string of the molecule is c1ccc(-c2cc(-c3ccccc3)c3sc4c(N(c5ccc(-c6ccc7ccccc7c6)cc5)c5cccc6c5-c5ccccc5C6(c5ccccc5)c5ccccc5)cccc4c3c2)cc1. The highest BCUT2D eigenvalue weighted by molar-refractivity contribution is 7.27. The average molecular weight is 870 g/mol. The summed E-state index contributed by atoms with van der Waals surface area (Å²) < 4.78 is 2.54. The fourth-order valence-corrected chi connectivity index (χ4v) is 12.3. The Morgan fingerprint density at radius 1 is 0.313 bits per heavy atom. The zero-order valence-electron chi connectivity index (χ0n) is 36.7. The molecule has 1 aromatic heterocycles. The van der Waals surface area contributed by atoms with Crippen molar-refractivity contribution in [1.82, 2.24) is 0 Å². The lowest BCUT2D eigenvalue weighted by Crippen LogP contribution is -2.28. The van der Waals surface area contributed by atoms with Crippen LogP contribution in [0.15, 0.2) is 261 Å². The van der Waals surface area contributed by atoms with Gasteiger partial charge in [-0.3, -0.25) is 0 Å². The maximum absolute atomic E-state index is 2.55. The van der Waals surface area contributed by atoms with E-state index in [0.29, 0.717) is 0 Å². The molecular weight excluding hydrogens is 827 g/mol. The van der Waals surface area contributed by atoms with Crippen LogP contribution in [0.3, 0.4) is 0 Å². The van der Waals surface area contributed by atoms with Crippen molar-refractivity contribution in [1.29, 1.82) is 0 Å². The summed E-state index contributed by atoms with van der Waals surface area (Å²) in [6.45, 7) is 0. The molecule has 1 aliphatic rings. The first-order valence-corrected chi connectivity index (χ1v) is 23.9. The summed E-state index contributed by atoms with van der Waals surface area (Å²) in [6.07, 6.45) is 0. The summed E-state index contributed by atoms with van der Waals surface area (Å²) in [6, 6.07) is 96.3. The van der Waals surface area contributed by atoms with Crippen molar-refractivity contribution < 1.29 is 0 Å². The van der Waals surface area contributed by atoms with Gasteiger partial charge in [-0.15, -0.1) is 11.3 Å². The average Bonchev–Trinajstić information content (AvgIpc) is 3.94. The van der Waals surface area contributed by atoms with E-state index in [0.717, 1.165) is 17.1 Å². The van der Waals surface area contributed by atoms with Gasteiger partial charge in [0.05, 0.1) is 21.5 Å². The molecule has 0 fully saturated rings. The van der Waals surface area contributed by atoms with Crippen molar-refractivity contribution in [3.63, 3.8) is 0 Å². The zero-order valence-corrected chi connectivity index (χ0v) is 37.5. The second-order valence-electron chi connectivity index (χ2n) is 17.6. The highest BCUT2D eigenvalue weighted by Crippen LogP contribution is 2.60. The molecule has 1 aliphatic carbocycles. The Labute approximate surface area is 395 Å². The van der Waals surface area contributed by atoms with Crippen molar-refractivity contribution in [3.8, 4) is 44.5 Å². The number of rotatable bonds is 8. The van der Waals surface area contributed by atoms with Gasteiger partial charge in [0.1, 0.15) is 0 Å². The Bertz CT molecular complexity index is 3740. The van der Waals surface area contributed by atoms with Crippen LogP contribution in [0.2, 0.25) is 0 Å². The van der Waals surface area contributed by atoms with Crippen molar-refractivity contribution in [2.75, 3.05) is 4.90 Å². The normalized spacial score (nSPS) is 12.6. The molecule has 67 heavy (non-hydrogen) atoms. The van der Waals surface area contributed by atoms with Crippen LogP contribution < -0.4 is 4.90 Å². The number of benzene rings is 11. The molecule has 0 amide bonds. The predicted molar refractivity (Wildman–Crippen MR) is 285 cm³/mol. The third kappa shape index (κ3) is 6.29. The molecule has 13 rings (SSSR count). The minimum atomic E-state index is -0.530. The van der Waals surface area contributed by atoms with Gasteiger partial charge in [0, 0.05) is 32.3 Å². The van der Waals surface area contributed by atoms with Gasteiger partial charge < -0.3 is 4.90 Å². The molecule has 11 aromatic carbocycles. The van der Waals surface area contributed by atoms with E-state index in [4.69, 9.17) is 0 Å². The van der Waals surface area contributed by atoms with Crippen LogP contribution in [0.4, 0.5) is 17.1 Å². The van der Waals surface area contributed by atoms with Gasteiger partial charge in [0.2, 0.25) is 0 Å². The first kappa shape index (κ1) is 39.1. The van der Waals surface area contributed by atoms with Crippen LogP contribution in [0.5, 0.6) is 0 Å². The van der Waals surface area contributed by atoms with Gasteiger partial charge in [0.25, 0.3) is 0 Å². The standard InChI is InChI=1S/C65H43NS/c1-5-19-44(20-6-1)50-42-56(47-22-7-2-8-23-47)63-57(43-50)54-30-17-34-61(64(54)67-63)66(53-39-37-46(38-40-53)49-36-35-45-21-13-14-24-48(45)41-49)60-33-18-32-59-62(60)55-29-15-16-31-58(55)65(59,51-25-9-3-10-26-51)52-27-11-4-12-28-52/h1-43H. The summed E-state index contributed by atoms with van der Waals surface area (Å²) in [5.74, 6) is 0. The first-order chi connectivity index (χ1) is 33.2. The van der Waals surface area contributed by atoms with Crippen LogP contribution in [0, 0.1) is 0 Å². The van der Waals surface area contributed by atoms with E-state index in [1.807, 2.05) is 11.3 Å². The zero-order chi connectivity index (χ0) is 44.3. The molecule has 0 atom stereocenters. The minimum absolute atomic E-state index is 0.530. The highest BCUT2D eigenvalue weighted by Gasteiger charge is 2.47. The second-order valence-corrected chi connectivity index (χ2v) is 18.6. The van der Waals surface area contributed by atoms with Gasteiger partial charge in [0.15, 0.2) is 0 Å². The van der Waals surface area contributed by atoms with Gasteiger partial charge >= 0.3 is 0 Å². The molecule has 0 unspecified atom stereocenters. The number of nitrogens with zero attached hydrogens (tertiary/aromatic N) is 1. The molecule has 0 spiro atoms. The third-order valence-electron chi connectivity index (χ3n) is 13.9. The quantitative estimate of drug-likeness (QED) is 0.147. The summed E-state index contributed by atoms with van der Waals surface area (Å²) in [4.78, 5) is 2.55. The van der Waals surface area contributed by atoms with Crippen molar-refractivity contribution in [3.05, 3.63) is 283 Å². The van der Waals surface area contributed by atoms with E-state index in [1.54, 1.807) is 0 Å². The minimum Gasteiger partial charge on any atom is -0.308 e. The molecule has 0 bridgehead atoms. The van der Waals surface area contributed by atoms with Crippen molar-refractivity contribution >= 4 is 59.3 Å². The van der Waals surface area contributed by atoms with E-state index in [-0.39, 0.29) is 0 Å². The lowest BCUT2D eigenvalue weighted by Gasteiger charge is -2.34. The molecule has 12 aromatic rings. The molecule has 2 heteroatoms. The fourth-order valence-electron chi connectivity index (χ4n) is 10.9. The van der Waals surface area contributed by atoms with Crippen molar-refractivity contribution in [2.45, 2.75) is 5.41 Å². The molecule has 314 valence electrons. The first-order valence-electron chi connectivity index (χ1n) is 23.1. The lowest BCUT2D eigenvalue weighted by atomic mass is 9.68. The van der Waals surface area contributed by atoms with E-state index in [2.05, 4.69) is 266 Å². The molecule has 0 aliphatic heterocycles. The molecule has 0 saturated carbocycles. The van der Waals surface area contributed by atoms with E-state index < -0.39 is 5.41 Å². The van der Waals surface area contributed by atoms with Crippen molar-refractivity contribution in [2.24, 2.45) is 0 Å². The lowest BCUT2D eigenvalue weighted by molar-refractivity contribution is 0.768. The maximum Gasteiger partial charge on any atom is 0.0714 e. The Kier molecular flexibility index (Phi) is 9.33. The number of anilines is 3. The summed E-state index contributed by atoms with van der Waals surface area (Å²) in [5.41, 5.74) is 17.7. The molecule has 0 saturated heterocycles. The van der Waals surface area contributed by atoms with Gasteiger partial charge in [-0.1, -0.05) is 218 Å². The van der Waals surface area contributed by atoms with Crippen LogP contribution in [0.1, 0.15) is 22.3 Å². The number of hydrogen-bond acceptors (Lipinski definition) is 2. The van der Waals surface area contributed by atoms with Gasteiger partial charge in [-0.05, 0) is 109 Å². The third-order valence-corrected chi connectivity index (χ3v) is 15.2. The van der Waals surface area contributed by atoms with E-state index in [9.17, 15) is 0 Å². The molecule has 1 heterocycles. The highest BCUT2D eigenvalue weighted by atomic mass is 32.1. The fraction of sp³-hybridized carbons (Fsp3) is 0.0154. The second kappa shape index (κ2) is 16.0. The Morgan fingerprint density at radius 2 is 0.881 bits per heavy atom. The maximum atomic E-state index is 2.55. The van der Waals surface area contributed by atoms with Crippen LogP contribution >= 0.6 is 11.3 Å². The van der Waals surface area contributed by atoms with Gasteiger partial charge in [-0.2, -0.15) is 0 Å². The molecule has 0 N–H and O–H groups in total. The van der Waals surface area contributed by atoms with Crippen LogP contribution in [0.25, 0.3) is 75.5 Å². The summed E-state index contributed by atoms with van der Waals surface area (Å²) >= 11 is 1.90. The smallest absolute Gasteiger partial charge is 0.0714 e. The molecule has 1 nitrogen and oxygen atoms in total. The Balaban J connectivity index is 1.09. The Hall–Kier alpha value is -8.30. The number of thiophene rings is 1. The molecule has 0 radical (unpaired) electrons. The van der Waals surface area contributed by atoms with Crippen LogP contribution in [-0.4, -0.2) is 0 Å². The predicted octanol–water partition coefficient (Wildman–Crippen LogP) is 18.0. The number of hydrogen-bond donors (Lipinski definition) is 0. The monoisotopic (exact) mass is 869 g/mol. The number of fused-ring (bicyclic) bond motifs is 7. The van der Waals surface area contributed by atoms with E-state index in [1.165, 1.54) is 97.7 Å². The van der Waals surface area contributed by atoms with Gasteiger partial charge in [-0.25, -0.2) is 0 Å². The topological polar surface area (TPSA) is 3.24 Å².